The van der Waals surface area contributed by atoms with Crippen molar-refractivity contribution >= 4 is 5.91 Å². The first-order valence-corrected chi connectivity index (χ1v) is 10.1. The van der Waals surface area contributed by atoms with Gasteiger partial charge < -0.3 is 19.9 Å². The Labute approximate surface area is 176 Å². The molecule has 0 radical (unpaired) electrons. The van der Waals surface area contributed by atoms with Crippen molar-refractivity contribution in [1.29, 1.82) is 0 Å². The number of benzene rings is 2. The topological polar surface area (TPSA) is 95.6 Å². The van der Waals surface area contributed by atoms with E-state index in [1.165, 1.54) is 6.92 Å². The van der Waals surface area contributed by atoms with Crippen molar-refractivity contribution in [2.45, 2.75) is 38.6 Å². The van der Waals surface area contributed by atoms with Gasteiger partial charge in [0.15, 0.2) is 5.89 Å². The van der Waals surface area contributed by atoms with E-state index >= 15 is 0 Å². The van der Waals surface area contributed by atoms with Gasteiger partial charge in [0.2, 0.25) is 5.91 Å². The molecule has 0 spiro atoms. The lowest BCUT2D eigenvalue weighted by Crippen LogP contribution is -2.53. The van der Waals surface area contributed by atoms with Gasteiger partial charge >= 0.3 is 0 Å². The number of rotatable bonds is 9. The Balaban J connectivity index is 1.67. The molecule has 0 bridgehead atoms. The van der Waals surface area contributed by atoms with Gasteiger partial charge in [-0.15, -0.1) is 0 Å². The second kappa shape index (κ2) is 9.69. The number of amides is 1. The molecule has 3 N–H and O–H groups in total. The molecular formula is C24H28N2O4. The zero-order valence-corrected chi connectivity index (χ0v) is 17.4. The van der Waals surface area contributed by atoms with Crippen LogP contribution in [0.1, 0.15) is 31.7 Å². The normalized spacial score (nSPS) is 11.5. The Kier molecular flexibility index (Phi) is 7.03. The molecule has 1 amide bonds. The number of aliphatic hydroxyl groups is 2. The van der Waals surface area contributed by atoms with Gasteiger partial charge in [-0.2, -0.15) is 0 Å². The Morgan fingerprint density at radius 1 is 1.00 bits per heavy atom. The van der Waals surface area contributed by atoms with Crippen LogP contribution in [-0.2, 0) is 17.6 Å². The molecule has 3 aromatic rings. The molecule has 0 unspecified atom stereocenters. The molecule has 0 fully saturated rings. The fourth-order valence-corrected chi connectivity index (χ4v) is 3.41. The van der Waals surface area contributed by atoms with Crippen molar-refractivity contribution in [1.82, 2.24) is 10.3 Å². The maximum atomic E-state index is 11.4. The number of nitrogens with zero attached hydrogens (tertiary/aromatic N) is 1. The predicted octanol–water partition coefficient (Wildman–Crippen LogP) is 3.36. The standard InChI is InChI=1S/C24H28N2O4/c1-3-23-25-22(14-30-23)21-10-8-20(9-11-21)19-6-4-18(5-7-19)12-13-24(15-27,16-28)26-17(2)29/h4-11,14,27-28H,3,12-13,15-16H2,1-2H3,(H,26,29). The van der Waals surface area contributed by atoms with E-state index in [4.69, 9.17) is 4.42 Å². The number of carbonyl (C=O) groups excluding carboxylic acids is 1. The fourth-order valence-electron chi connectivity index (χ4n) is 3.41. The van der Waals surface area contributed by atoms with E-state index in [2.05, 4.69) is 22.4 Å². The van der Waals surface area contributed by atoms with Crippen molar-refractivity contribution in [2.75, 3.05) is 13.2 Å². The van der Waals surface area contributed by atoms with Crippen LogP contribution >= 0.6 is 0 Å². The molecule has 2 aromatic carbocycles. The van der Waals surface area contributed by atoms with Crippen molar-refractivity contribution in [3.05, 3.63) is 66.2 Å². The van der Waals surface area contributed by atoms with Crippen LogP contribution in [0.4, 0.5) is 0 Å². The van der Waals surface area contributed by atoms with Gasteiger partial charge in [-0.25, -0.2) is 4.98 Å². The van der Waals surface area contributed by atoms with Gasteiger partial charge in [-0.05, 0) is 29.5 Å². The third-order valence-corrected chi connectivity index (χ3v) is 5.26. The summed E-state index contributed by atoms with van der Waals surface area (Å²) < 4.78 is 5.41. The molecule has 6 heteroatoms. The smallest absolute Gasteiger partial charge is 0.217 e. The lowest BCUT2D eigenvalue weighted by atomic mass is 9.92. The minimum atomic E-state index is -1.00. The van der Waals surface area contributed by atoms with E-state index in [0.29, 0.717) is 12.8 Å². The third-order valence-electron chi connectivity index (χ3n) is 5.26. The van der Waals surface area contributed by atoms with Crippen molar-refractivity contribution in [3.8, 4) is 22.4 Å². The highest BCUT2D eigenvalue weighted by Crippen LogP contribution is 2.25. The Morgan fingerprint density at radius 3 is 2.07 bits per heavy atom. The van der Waals surface area contributed by atoms with Crippen molar-refractivity contribution < 1.29 is 19.4 Å². The zero-order chi connectivity index (χ0) is 21.6. The summed E-state index contributed by atoms with van der Waals surface area (Å²) in [5.41, 5.74) is 4.12. The molecule has 1 heterocycles. The molecule has 0 atom stereocenters. The number of hydrogen-bond donors (Lipinski definition) is 3. The maximum Gasteiger partial charge on any atom is 0.217 e. The molecule has 30 heavy (non-hydrogen) atoms. The monoisotopic (exact) mass is 408 g/mol. The van der Waals surface area contributed by atoms with Gasteiger partial charge in [0, 0.05) is 18.9 Å². The summed E-state index contributed by atoms with van der Waals surface area (Å²) in [5.74, 6) is 0.461. The summed E-state index contributed by atoms with van der Waals surface area (Å²) in [6.07, 6.45) is 3.53. The maximum absolute atomic E-state index is 11.4. The molecule has 3 rings (SSSR count). The third kappa shape index (κ3) is 5.14. The van der Waals surface area contributed by atoms with Gasteiger partial charge in [-0.3, -0.25) is 4.79 Å². The second-order valence-corrected chi connectivity index (χ2v) is 7.53. The molecule has 0 aliphatic rings. The second-order valence-electron chi connectivity index (χ2n) is 7.53. The summed E-state index contributed by atoms with van der Waals surface area (Å²) in [4.78, 5) is 15.8. The van der Waals surface area contributed by atoms with E-state index in [1.54, 1.807) is 6.26 Å². The van der Waals surface area contributed by atoms with Gasteiger partial charge in [0.25, 0.3) is 0 Å². The highest BCUT2D eigenvalue weighted by Gasteiger charge is 2.29. The Bertz CT molecular complexity index is 958. The Hall–Kier alpha value is -2.96. The first kappa shape index (κ1) is 21.7. The number of oxazole rings is 1. The van der Waals surface area contributed by atoms with Gasteiger partial charge in [-0.1, -0.05) is 55.5 Å². The van der Waals surface area contributed by atoms with Crippen LogP contribution in [0.3, 0.4) is 0 Å². The zero-order valence-electron chi connectivity index (χ0n) is 17.4. The van der Waals surface area contributed by atoms with Crippen LogP contribution < -0.4 is 5.32 Å². The minimum Gasteiger partial charge on any atom is -0.448 e. The number of aliphatic hydroxyl groups excluding tert-OH is 2. The number of aromatic nitrogens is 1. The SMILES string of the molecule is CCc1nc(-c2ccc(-c3ccc(CCC(CO)(CO)NC(C)=O)cc3)cc2)co1. The number of carbonyl (C=O) groups is 1. The van der Waals surface area contributed by atoms with Crippen molar-refractivity contribution in [2.24, 2.45) is 0 Å². The summed E-state index contributed by atoms with van der Waals surface area (Å²) in [5, 5.41) is 21.9. The number of aryl methyl sites for hydroxylation is 2. The summed E-state index contributed by atoms with van der Waals surface area (Å²) in [7, 11) is 0. The quantitative estimate of drug-likeness (QED) is 0.505. The van der Waals surface area contributed by atoms with E-state index in [9.17, 15) is 15.0 Å². The summed E-state index contributed by atoms with van der Waals surface area (Å²) in [6.45, 7) is 2.78. The highest BCUT2D eigenvalue weighted by molar-refractivity contribution is 5.74. The molecule has 158 valence electrons. The molecule has 1 aromatic heterocycles. The van der Waals surface area contributed by atoms with Crippen molar-refractivity contribution in [3.63, 3.8) is 0 Å². The van der Waals surface area contributed by atoms with E-state index < -0.39 is 5.54 Å². The average Bonchev–Trinajstić information content (AvgIpc) is 3.26. The van der Waals surface area contributed by atoms with Crippen LogP contribution in [0, 0.1) is 0 Å². The highest BCUT2D eigenvalue weighted by atomic mass is 16.3. The summed E-state index contributed by atoms with van der Waals surface area (Å²) in [6, 6.07) is 16.3. The lowest BCUT2D eigenvalue weighted by molar-refractivity contribution is -0.122. The molecule has 0 aliphatic heterocycles. The first-order chi connectivity index (χ1) is 14.5. The van der Waals surface area contributed by atoms with E-state index in [1.807, 2.05) is 43.3 Å². The lowest BCUT2D eigenvalue weighted by Gasteiger charge is -2.30. The van der Waals surface area contributed by atoms with Gasteiger partial charge in [0.05, 0.1) is 18.8 Å². The van der Waals surface area contributed by atoms with Crippen LogP contribution in [0.2, 0.25) is 0 Å². The Morgan fingerprint density at radius 2 is 1.57 bits per heavy atom. The van der Waals surface area contributed by atoms with Gasteiger partial charge in [0.1, 0.15) is 12.0 Å². The summed E-state index contributed by atoms with van der Waals surface area (Å²) >= 11 is 0. The minimum absolute atomic E-state index is 0.270. The van der Waals surface area contributed by atoms with Crippen LogP contribution in [-0.4, -0.2) is 39.9 Å². The molecular weight excluding hydrogens is 380 g/mol. The largest absolute Gasteiger partial charge is 0.448 e. The first-order valence-electron chi connectivity index (χ1n) is 10.1. The molecule has 0 aliphatic carbocycles. The number of hydrogen-bond acceptors (Lipinski definition) is 5. The molecule has 0 saturated carbocycles. The van der Waals surface area contributed by atoms with E-state index in [0.717, 1.165) is 40.3 Å². The molecule has 6 nitrogen and oxygen atoms in total. The predicted molar refractivity (Wildman–Crippen MR) is 116 cm³/mol. The molecule has 0 saturated heterocycles. The average molecular weight is 408 g/mol. The van der Waals surface area contributed by atoms with Crippen LogP contribution in [0.5, 0.6) is 0 Å². The van der Waals surface area contributed by atoms with Crippen LogP contribution in [0.15, 0.2) is 59.2 Å². The van der Waals surface area contributed by atoms with Crippen LogP contribution in [0.25, 0.3) is 22.4 Å². The number of nitrogens with one attached hydrogen (secondary N) is 1. The van der Waals surface area contributed by atoms with E-state index in [-0.39, 0.29) is 19.1 Å². The fraction of sp³-hybridized carbons (Fsp3) is 0.333.